The van der Waals surface area contributed by atoms with E-state index < -0.39 is 21.7 Å². The number of sulfonamides is 1. The summed E-state index contributed by atoms with van der Waals surface area (Å²) in [5.74, 6) is -2.53. The Morgan fingerprint density at radius 2 is 1.76 bits per heavy atom. The van der Waals surface area contributed by atoms with Crippen molar-refractivity contribution < 1.29 is 22.0 Å². The molecule has 4 rings (SSSR count). The van der Waals surface area contributed by atoms with Gasteiger partial charge in [-0.1, -0.05) is 24.3 Å². The van der Waals surface area contributed by atoms with E-state index in [1.807, 2.05) is 24.3 Å². The number of carbonyl (C=O) groups is 1. The topological polar surface area (TPSA) is 82.6 Å². The standard InChI is InChI=1S/C23H24F2N4O3S/c24-20-7-6-19(15-21(20)25)33(31,32)27-10-8-22(30)29-13-11-28(12-14-29)16-18-4-1-3-17-5-2-9-26-23(17)18/h1-7,9,15,27H,8,10-14,16H2. The summed E-state index contributed by atoms with van der Waals surface area (Å²) in [5.41, 5.74) is 2.12. The maximum atomic E-state index is 13.3. The third-order valence-corrected chi connectivity index (χ3v) is 7.13. The van der Waals surface area contributed by atoms with Crippen LogP contribution < -0.4 is 4.72 Å². The largest absolute Gasteiger partial charge is 0.340 e. The highest BCUT2D eigenvalue weighted by Crippen LogP contribution is 2.19. The average Bonchev–Trinajstić information content (AvgIpc) is 2.81. The Morgan fingerprint density at radius 1 is 1.00 bits per heavy atom. The first-order valence-electron chi connectivity index (χ1n) is 10.6. The average molecular weight is 475 g/mol. The van der Waals surface area contributed by atoms with Crippen LogP contribution in [0.25, 0.3) is 10.9 Å². The molecule has 1 amide bonds. The molecular formula is C23H24F2N4O3S. The van der Waals surface area contributed by atoms with Crippen LogP contribution in [0.5, 0.6) is 0 Å². The first kappa shape index (κ1) is 23.2. The minimum Gasteiger partial charge on any atom is -0.340 e. The highest BCUT2D eigenvalue weighted by atomic mass is 32.2. The number of fused-ring (bicyclic) bond motifs is 1. The van der Waals surface area contributed by atoms with Gasteiger partial charge in [0.15, 0.2) is 11.6 Å². The predicted octanol–water partition coefficient (Wildman–Crippen LogP) is 2.53. The fourth-order valence-corrected chi connectivity index (χ4v) is 4.91. The van der Waals surface area contributed by atoms with Crippen molar-refractivity contribution >= 4 is 26.8 Å². The highest BCUT2D eigenvalue weighted by Gasteiger charge is 2.22. The van der Waals surface area contributed by atoms with Crippen LogP contribution in [0.4, 0.5) is 8.78 Å². The van der Waals surface area contributed by atoms with E-state index in [2.05, 4.69) is 20.7 Å². The van der Waals surface area contributed by atoms with Gasteiger partial charge in [-0.25, -0.2) is 21.9 Å². The van der Waals surface area contributed by atoms with Crippen LogP contribution in [-0.4, -0.2) is 61.8 Å². The Kier molecular flexibility index (Phi) is 6.96. The smallest absolute Gasteiger partial charge is 0.240 e. The molecule has 1 fully saturated rings. The van der Waals surface area contributed by atoms with Gasteiger partial charge in [-0.05, 0) is 29.8 Å². The lowest BCUT2D eigenvalue weighted by atomic mass is 10.1. The van der Waals surface area contributed by atoms with Crippen molar-refractivity contribution in [2.45, 2.75) is 17.9 Å². The molecular weight excluding hydrogens is 450 g/mol. The summed E-state index contributed by atoms with van der Waals surface area (Å²) in [6.07, 6.45) is 1.76. The fourth-order valence-electron chi connectivity index (χ4n) is 3.87. The van der Waals surface area contributed by atoms with Gasteiger partial charge in [-0.15, -0.1) is 0 Å². The minimum absolute atomic E-state index is 0.0177. The van der Waals surface area contributed by atoms with Crippen molar-refractivity contribution in [3.8, 4) is 0 Å². The Hall–Kier alpha value is -2.95. The number of nitrogens with one attached hydrogen (secondary N) is 1. The summed E-state index contributed by atoms with van der Waals surface area (Å²) in [6.45, 7) is 3.12. The van der Waals surface area contributed by atoms with Crippen molar-refractivity contribution in [1.82, 2.24) is 19.5 Å². The van der Waals surface area contributed by atoms with Crippen molar-refractivity contribution in [3.05, 3.63) is 71.9 Å². The fraction of sp³-hybridized carbons (Fsp3) is 0.304. The SMILES string of the molecule is O=C(CCNS(=O)(=O)c1ccc(F)c(F)c1)N1CCN(Cc2cccc3cccnc23)CC1. The number of para-hydroxylation sites is 1. The van der Waals surface area contributed by atoms with E-state index in [9.17, 15) is 22.0 Å². The normalized spacial score (nSPS) is 15.2. The van der Waals surface area contributed by atoms with Crippen molar-refractivity contribution in [2.24, 2.45) is 0 Å². The van der Waals surface area contributed by atoms with Gasteiger partial charge in [0, 0.05) is 57.3 Å². The van der Waals surface area contributed by atoms with Crippen LogP contribution in [0.15, 0.2) is 59.6 Å². The van der Waals surface area contributed by atoms with Crippen LogP contribution in [0, 0.1) is 11.6 Å². The number of halogens is 2. The molecule has 3 aromatic rings. The van der Waals surface area contributed by atoms with Gasteiger partial charge < -0.3 is 4.90 Å². The molecule has 0 aliphatic carbocycles. The van der Waals surface area contributed by atoms with Crippen LogP contribution >= 0.6 is 0 Å². The first-order valence-corrected chi connectivity index (χ1v) is 12.1. The van der Waals surface area contributed by atoms with Crippen LogP contribution in [0.1, 0.15) is 12.0 Å². The molecule has 0 spiro atoms. The maximum Gasteiger partial charge on any atom is 0.240 e. The molecule has 1 aliphatic heterocycles. The molecule has 1 aromatic heterocycles. The van der Waals surface area contributed by atoms with Gasteiger partial charge in [0.2, 0.25) is 15.9 Å². The van der Waals surface area contributed by atoms with Gasteiger partial charge in [0.05, 0.1) is 10.4 Å². The number of rotatable bonds is 7. The van der Waals surface area contributed by atoms with Crippen molar-refractivity contribution in [2.75, 3.05) is 32.7 Å². The molecule has 7 nitrogen and oxygen atoms in total. The zero-order valence-electron chi connectivity index (χ0n) is 17.9. The second-order valence-electron chi connectivity index (χ2n) is 7.87. The first-order chi connectivity index (χ1) is 15.8. The summed E-state index contributed by atoms with van der Waals surface area (Å²) < 4.78 is 53.1. The quantitative estimate of drug-likeness (QED) is 0.569. The molecule has 0 atom stereocenters. The van der Waals surface area contributed by atoms with Crippen LogP contribution in [0.3, 0.4) is 0 Å². The number of amides is 1. The minimum atomic E-state index is -4.03. The molecule has 33 heavy (non-hydrogen) atoms. The van der Waals surface area contributed by atoms with E-state index in [1.54, 1.807) is 11.1 Å². The molecule has 0 unspecified atom stereocenters. The maximum absolute atomic E-state index is 13.3. The Morgan fingerprint density at radius 3 is 2.52 bits per heavy atom. The number of piperazine rings is 1. The third-order valence-electron chi connectivity index (χ3n) is 5.67. The highest BCUT2D eigenvalue weighted by molar-refractivity contribution is 7.89. The van der Waals surface area contributed by atoms with E-state index in [0.717, 1.165) is 35.1 Å². The second kappa shape index (κ2) is 9.90. The summed E-state index contributed by atoms with van der Waals surface area (Å²) in [5, 5.41) is 1.09. The van der Waals surface area contributed by atoms with Crippen LogP contribution in [-0.2, 0) is 21.4 Å². The van der Waals surface area contributed by atoms with E-state index in [-0.39, 0.29) is 23.8 Å². The number of pyridine rings is 1. The molecule has 1 N–H and O–H groups in total. The summed E-state index contributed by atoms with van der Waals surface area (Å²) in [4.78, 5) is 20.6. The Labute approximate surface area is 191 Å². The Balaban J connectivity index is 1.26. The summed E-state index contributed by atoms with van der Waals surface area (Å²) >= 11 is 0. The molecule has 174 valence electrons. The number of hydrogen-bond donors (Lipinski definition) is 1. The van der Waals surface area contributed by atoms with E-state index >= 15 is 0 Å². The number of aromatic nitrogens is 1. The monoisotopic (exact) mass is 474 g/mol. The van der Waals surface area contributed by atoms with Crippen molar-refractivity contribution in [1.29, 1.82) is 0 Å². The van der Waals surface area contributed by atoms with Gasteiger partial charge >= 0.3 is 0 Å². The zero-order valence-corrected chi connectivity index (χ0v) is 18.7. The molecule has 0 saturated carbocycles. The van der Waals surface area contributed by atoms with Gasteiger partial charge in [-0.3, -0.25) is 14.7 Å². The third kappa shape index (κ3) is 5.52. The van der Waals surface area contributed by atoms with Crippen LogP contribution in [0.2, 0.25) is 0 Å². The lowest BCUT2D eigenvalue weighted by molar-refractivity contribution is -0.132. The zero-order chi connectivity index (χ0) is 23.4. The summed E-state index contributed by atoms with van der Waals surface area (Å²) in [7, 11) is -4.03. The lowest BCUT2D eigenvalue weighted by Crippen LogP contribution is -2.48. The molecule has 2 aromatic carbocycles. The van der Waals surface area contributed by atoms with Gasteiger partial charge in [0.25, 0.3) is 0 Å². The summed E-state index contributed by atoms with van der Waals surface area (Å²) in [6, 6.07) is 12.4. The molecule has 0 bridgehead atoms. The van der Waals surface area contributed by atoms with E-state index in [1.165, 1.54) is 0 Å². The molecule has 2 heterocycles. The second-order valence-corrected chi connectivity index (χ2v) is 9.64. The van der Waals surface area contributed by atoms with E-state index in [0.29, 0.717) is 32.2 Å². The number of carbonyl (C=O) groups excluding carboxylic acids is 1. The molecule has 1 saturated heterocycles. The van der Waals surface area contributed by atoms with Gasteiger partial charge in [0.1, 0.15) is 0 Å². The predicted molar refractivity (Wildman–Crippen MR) is 120 cm³/mol. The molecule has 0 radical (unpaired) electrons. The Bertz CT molecular complexity index is 1260. The molecule has 10 heteroatoms. The van der Waals surface area contributed by atoms with E-state index in [4.69, 9.17) is 0 Å². The van der Waals surface area contributed by atoms with Gasteiger partial charge in [-0.2, -0.15) is 0 Å². The van der Waals surface area contributed by atoms with Crippen molar-refractivity contribution in [3.63, 3.8) is 0 Å². The number of nitrogens with zero attached hydrogens (tertiary/aromatic N) is 3. The lowest BCUT2D eigenvalue weighted by Gasteiger charge is -2.35. The number of benzene rings is 2. The number of hydrogen-bond acceptors (Lipinski definition) is 5. The molecule has 1 aliphatic rings.